The van der Waals surface area contributed by atoms with Gasteiger partial charge in [0.2, 0.25) is 5.91 Å². The maximum Gasteiger partial charge on any atom is 0.251 e. The number of aliphatic hydroxyl groups is 1. The fourth-order valence-electron chi connectivity index (χ4n) is 3.78. The molecule has 3 N–H and O–H groups in total. The van der Waals surface area contributed by atoms with Crippen LogP contribution in [0.5, 0.6) is 0 Å². The molecule has 152 valence electrons. The average molecular weight is 387 g/mol. The number of nitrogens with one attached hydrogen (secondary N) is 2. The van der Waals surface area contributed by atoms with Crippen LogP contribution in [0.15, 0.2) is 36.7 Å². The SMILES string of the molecule is O=C(C[C@@H]1C=C[C@H](NC(=O)c2ccncc2)[C@@H](CO)O1)NCC1CCCCC1. The first-order valence-corrected chi connectivity index (χ1v) is 10.1. The van der Waals surface area contributed by atoms with Gasteiger partial charge >= 0.3 is 0 Å². The average Bonchev–Trinajstić information content (AvgIpc) is 2.74. The van der Waals surface area contributed by atoms with Gasteiger partial charge in [-0.25, -0.2) is 0 Å². The Balaban J connectivity index is 1.48. The van der Waals surface area contributed by atoms with Crippen LogP contribution in [-0.4, -0.2) is 53.3 Å². The number of amides is 2. The fourth-order valence-corrected chi connectivity index (χ4v) is 3.78. The van der Waals surface area contributed by atoms with Gasteiger partial charge in [0, 0.05) is 24.5 Å². The summed E-state index contributed by atoms with van der Waals surface area (Å²) in [5.74, 6) is 0.275. The molecule has 28 heavy (non-hydrogen) atoms. The minimum atomic E-state index is -0.591. The molecule has 7 nitrogen and oxygen atoms in total. The molecule has 1 aliphatic heterocycles. The van der Waals surface area contributed by atoms with Crippen LogP contribution in [0.25, 0.3) is 0 Å². The molecule has 2 amide bonds. The van der Waals surface area contributed by atoms with Gasteiger partial charge in [-0.15, -0.1) is 0 Å². The van der Waals surface area contributed by atoms with Crippen LogP contribution < -0.4 is 10.6 Å². The summed E-state index contributed by atoms with van der Waals surface area (Å²) in [6.45, 7) is 0.481. The van der Waals surface area contributed by atoms with Gasteiger partial charge in [-0.1, -0.05) is 31.4 Å². The molecule has 0 bridgehead atoms. The van der Waals surface area contributed by atoms with E-state index in [1.165, 1.54) is 32.1 Å². The van der Waals surface area contributed by atoms with Crippen LogP contribution >= 0.6 is 0 Å². The second-order valence-electron chi connectivity index (χ2n) is 7.53. The minimum Gasteiger partial charge on any atom is -0.394 e. The Labute approximate surface area is 165 Å². The smallest absolute Gasteiger partial charge is 0.251 e. The lowest BCUT2D eigenvalue weighted by Crippen LogP contribution is -2.49. The molecule has 1 aromatic heterocycles. The molecule has 0 aromatic carbocycles. The molecule has 0 radical (unpaired) electrons. The standard InChI is InChI=1S/C21H29N3O4/c25-14-19-18(24-21(27)16-8-10-22-11-9-16)7-6-17(28-19)12-20(26)23-13-15-4-2-1-3-5-15/h6-11,15,17-19,25H,1-5,12-14H2,(H,23,26)(H,24,27)/t17-,18-,19+/m0/s1. The zero-order valence-corrected chi connectivity index (χ0v) is 16.0. The number of aliphatic hydroxyl groups excluding tert-OH is 1. The van der Waals surface area contributed by atoms with Gasteiger partial charge in [0.1, 0.15) is 6.10 Å². The molecular weight excluding hydrogens is 358 g/mol. The highest BCUT2D eigenvalue weighted by Gasteiger charge is 2.29. The predicted octanol–water partition coefficient (Wildman–Crippen LogP) is 1.58. The summed E-state index contributed by atoms with van der Waals surface area (Å²) in [4.78, 5) is 28.4. The van der Waals surface area contributed by atoms with Gasteiger partial charge in [-0.2, -0.15) is 0 Å². The van der Waals surface area contributed by atoms with Crippen LogP contribution in [-0.2, 0) is 9.53 Å². The van der Waals surface area contributed by atoms with Crippen molar-refractivity contribution in [1.82, 2.24) is 15.6 Å². The number of aromatic nitrogens is 1. The summed E-state index contributed by atoms with van der Waals surface area (Å²) in [6.07, 6.45) is 12.1. The third kappa shape index (κ3) is 5.87. The summed E-state index contributed by atoms with van der Waals surface area (Å²) in [5, 5.41) is 15.5. The molecule has 3 atom stereocenters. The van der Waals surface area contributed by atoms with E-state index in [0.29, 0.717) is 11.5 Å². The number of rotatable bonds is 7. The third-order valence-corrected chi connectivity index (χ3v) is 5.40. The fraction of sp³-hybridized carbons (Fsp3) is 0.571. The van der Waals surface area contributed by atoms with E-state index in [1.54, 1.807) is 36.7 Å². The Hall–Kier alpha value is -2.25. The monoisotopic (exact) mass is 387 g/mol. The molecule has 2 heterocycles. The topological polar surface area (TPSA) is 101 Å². The summed E-state index contributed by atoms with van der Waals surface area (Å²) in [6, 6.07) is 2.79. The molecular formula is C21H29N3O4. The van der Waals surface area contributed by atoms with Crippen molar-refractivity contribution in [1.29, 1.82) is 0 Å². The van der Waals surface area contributed by atoms with Crippen molar-refractivity contribution in [2.24, 2.45) is 5.92 Å². The Kier molecular flexibility index (Phi) is 7.56. The van der Waals surface area contributed by atoms with Gasteiger partial charge in [0.15, 0.2) is 0 Å². The van der Waals surface area contributed by atoms with Crippen molar-refractivity contribution in [3.63, 3.8) is 0 Å². The van der Waals surface area contributed by atoms with Crippen LogP contribution in [0, 0.1) is 5.92 Å². The largest absolute Gasteiger partial charge is 0.394 e. The highest BCUT2D eigenvalue weighted by atomic mass is 16.5. The van der Waals surface area contributed by atoms with Crippen molar-refractivity contribution in [2.75, 3.05) is 13.2 Å². The van der Waals surface area contributed by atoms with Crippen molar-refractivity contribution in [2.45, 2.75) is 56.8 Å². The van der Waals surface area contributed by atoms with E-state index in [4.69, 9.17) is 4.74 Å². The number of hydrogen-bond acceptors (Lipinski definition) is 5. The predicted molar refractivity (Wildman–Crippen MR) is 105 cm³/mol. The van der Waals surface area contributed by atoms with E-state index < -0.39 is 18.2 Å². The Morgan fingerprint density at radius 3 is 2.61 bits per heavy atom. The van der Waals surface area contributed by atoms with E-state index in [1.807, 2.05) is 0 Å². The van der Waals surface area contributed by atoms with Crippen molar-refractivity contribution >= 4 is 11.8 Å². The van der Waals surface area contributed by atoms with Gasteiger partial charge in [-0.3, -0.25) is 14.6 Å². The number of carbonyl (C=O) groups excluding carboxylic acids is 2. The van der Waals surface area contributed by atoms with Gasteiger partial charge in [0.05, 0.1) is 25.2 Å². The van der Waals surface area contributed by atoms with Gasteiger partial charge in [0.25, 0.3) is 5.91 Å². The van der Waals surface area contributed by atoms with Crippen molar-refractivity contribution in [3.8, 4) is 0 Å². The molecule has 1 aromatic rings. The summed E-state index contributed by atoms with van der Waals surface area (Å²) >= 11 is 0. The quantitative estimate of drug-likeness (QED) is 0.617. The number of hydrogen-bond donors (Lipinski definition) is 3. The highest BCUT2D eigenvalue weighted by Crippen LogP contribution is 2.23. The van der Waals surface area contributed by atoms with Gasteiger partial charge < -0.3 is 20.5 Å². The summed E-state index contributed by atoms with van der Waals surface area (Å²) < 4.78 is 5.82. The van der Waals surface area contributed by atoms with Crippen molar-refractivity contribution in [3.05, 3.63) is 42.2 Å². The zero-order chi connectivity index (χ0) is 19.8. The molecule has 0 spiro atoms. The minimum absolute atomic E-state index is 0.0452. The first-order valence-electron chi connectivity index (χ1n) is 10.1. The van der Waals surface area contributed by atoms with E-state index in [-0.39, 0.29) is 24.8 Å². The van der Waals surface area contributed by atoms with E-state index in [9.17, 15) is 14.7 Å². The lowest BCUT2D eigenvalue weighted by atomic mass is 9.89. The third-order valence-electron chi connectivity index (χ3n) is 5.40. The number of nitrogens with zero attached hydrogens (tertiary/aromatic N) is 1. The van der Waals surface area contributed by atoms with Crippen molar-refractivity contribution < 1.29 is 19.4 Å². The number of pyridine rings is 1. The van der Waals surface area contributed by atoms with Crippen LogP contribution in [0.1, 0.15) is 48.9 Å². The maximum absolute atomic E-state index is 12.3. The van der Waals surface area contributed by atoms with E-state index in [2.05, 4.69) is 15.6 Å². The van der Waals surface area contributed by atoms with E-state index in [0.717, 1.165) is 6.54 Å². The Bertz CT molecular complexity index is 673. The molecule has 0 unspecified atom stereocenters. The second kappa shape index (κ2) is 10.3. The van der Waals surface area contributed by atoms with E-state index >= 15 is 0 Å². The van der Waals surface area contributed by atoms with Gasteiger partial charge in [-0.05, 0) is 30.9 Å². The first kappa shape index (κ1) is 20.5. The molecule has 1 fully saturated rings. The second-order valence-corrected chi connectivity index (χ2v) is 7.53. The first-order chi connectivity index (χ1) is 13.7. The number of ether oxygens (including phenoxy) is 1. The zero-order valence-electron chi connectivity index (χ0n) is 16.0. The van der Waals surface area contributed by atoms with Crippen LogP contribution in [0.2, 0.25) is 0 Å². The molecule has 3 rings (SSSR count). The molecule has 7 heteroatoms. The summed E-state index contributed by atoms with van der Waals surface area (Å²) in [5.41, 5.74) is 0.490. The number of carbonyl (C=O) groups is 2. The van der Waals surface area contributed by atoms with Crippen LogP contribution in [0.4, 0.5) is 0 Å². The summed E-state index contributed by atoms with van der Waals surface area (Å²) in [7, 11) is 0. The van der Waals surface area contributed by atoms with Crippen LogP contribution in [0.3, 0.4) is 0 Å². The normalized spacial score (nSPS) is 25.2. The lowest BCUT2D eigenvalue weighted by Gasteiger charge is -2.31. The highest BCUT2D eigenvalue weighted by molar-refractivity contribution is 5.94. The maximum atomic E-state index is 12.3. The molecule has 2 aliphatic rings. The lowest BCUT2D eigenvalue weighted by molar-refractivity contribution is -0.125. The molecule has 0 saturated heterocycles. The Morgan fingerprint density at radius 1 is 1.14 bits per heavy atom. The Morgan fingerprint density at radius 2 is 1.89 bits per heavy atom. The molecule has 1 aliphatic carbocycles. The molecule has 1 saturated carbocycles.